The molecule has 0 saturated heterocycles. The quantitative estimate of drug-likeness (QED) is 0.246. The Hall–Kier alpha value is -0.430. The molecule has 0 unspecified atom stereocenters. The fourth-order valence-electron chi connectivity index (χ4n) is 0.747. The highest BCUT2D eigenvalue weighted by atomic mass is 35.5. The summed E-state index contributed by atoms with van der Waals surface area (Å²) >= 11 is 6.55. The number of hydrogen-bond donors (Lipinski definition) is 0. The van der Waals surface area contributed by atoms with Crippen molar-refractivity contribution in [2.45, 2.75) is 26.4 Å². The summed E-state index contributed by atoms with van der Waals surface area (Å²) in [6.07, 6.45) is 1.00. The van der Waals surface area contributed by atoms with Crippen LogP contribution < -0.4 is 0 Å². The van der Waals surface area contributed by atoms with E-state index in [1.807, 2.05) is 0 Å². The third-order valence-electron chi connectivity index (χ3n) is 1.34. The van der Waals surface area contributed by atoms with Gasteiger partial charge in [0.1, 0.15) is 5.60 Å². The van der Waals surface area contributed by atoms with Crippen LogP contribution in [0.3, 0.4) is 0 Å². The molecule has 0 radical (unpaired) electrons. The summed E-state index contributed by atoms with van der Waals surface area (Å²) < 4.78 is 9.77. The number of halogens is 1. The van der Waals surface area contributed by atoms with Gasteiger partial charge in [0.2, 0.25) is 0 Å². The predicted octanol–water partition coefficient (Wildman–Crippen LogP) is 3.16. The molecule has 0 aliphatic heterocycles. The lowest BCUT2D eigenvalue weighted by atomic mass is 10.2. The van der Waals surface area contributed by atoms with Crippen molar-refractivity contribution in [3.8, 4) is 0 Å². The SMILES string of the molecule is C=C(CCl)CN(OOSC)C(=O)OC(C)(C)C. The molecule has 100 valence electrons. The molecule has 0 saturated carbocycles. The zero-order chi connectivity index (χ0) is 13.5. The number of rotatable bonds is 6. The van der Waals surface area contributed by atoms with Gasteiger partial charge in [-0.3, -0.25) is 0 Å². The maximum absolute atomic E-state index is 11.7. The summed E-state index contributed by atoms with van der Waals surface area (Å²) in [5, 5.41) is 0.923. The van der Waals surface area contributed by atoms with E-state index in [1.165, 1.54) is 0 Å². The topological polar surface area (TPSA) is 48.0 Å². The van der Waals surface area contributed by atoms with Crippen LogP contribution in [0.15, 0.2) is 12.2 Å². The highest BCUT2D eigenvalue weighted by molar-refractivity contribution is 7.93. The molecule has 0 aromatic rings. The van der Waals surface area contributed by atoms with Crippen LogP contribution in [0.25, 0.3) is 0 Å². The van der Waals surface area contributed by atoms with E-state index in [9.17, 15) is 4.79 Å². The van der Waals surface area contributed by atoms with Gasteiger partial charge in [0.25, 0.3) is 0 Å². The number of ether oxygens (including phenoxy) is 1. The van der Waals surface area contributed by atoms with E-state index in [-0.39, 0.29) is 12.4 Å². The normalized spacial score (nSPS) is 11.1. The van der Waals surface area contributed by atoms with Gasteiger partial charge in [-0.25, -0.2) is 4.79 Å². The molecule has 0 aliphatic carbocycles. The van der Waals surface area contributed by atoms with Crippen molar-refractivity contribution in [1.29, 1.82) is 0 Å². The number of hydroxylamine groups is 2. The summed E-state index contributed by atoms with van der Waals surface area (Å²) in [5.74, 6) is 0.224. The molecule has 0 bridgehead atoms. The highest BCUT2D eigenvalue weighted by Crippen LogP contribution is 2.13. The summed E-state index contributed by atoms with van der Waals surface area (Å²) in [7, 11) is 0. The van der Waals surface area contributed by atoms with E-state index in [0.29, 0.717) is 5.57 Å². The zero-order valence-corrected chi connectivity index (χ0v) is 12.1. The first-order chi connectivity index (χ1) is 7.80. The Balaban J connectivity index is 4.44. The molecule has 0 rings (SSSR count). The van der Waals surface area contributed by atoms with Crippen molar-refractivity contribution >= 4 is 29.7 Å². The number of nitrogens with zero attached hydrogens (tertiary/aromatic N) is 1. The summed E-state index contributed by atoms with van der Waals surface area (Å²) in [5.41, 5.74) is 0.00241. The molecule has 0 N–H and O–H groups in total. The van der Waals surface area contributed by atoms with E-state index >= 15 is 0 Å². The first kappa shape index (κ1) is 16.6. The minimum absolute atomic E-state index is 0.110. The Morgan fingerprint density at radius 1 is 1.47 bits per heavy atom. The van der Waals surface area contributed by atoms with Gasteiger partial charge in [-0.05, 0) is 26.3 Å². The maximum Gasteiger partial charge on any atom is 0.437 e. The molecule has 0 heterocycles. The number of carbonyl (C=O) groups excluding carboxylic acids is 1. The molecule has 5 nitrogen and oxygen atoms in total. The average Bonchev–Trinajstić information content (AvgIpc) is 2.21. The van der Waals surface area contributed by atoms with Gasteiger partial charge in [0, 0.05) is 24.2 Å². The minimum Gasteiger partial charge on any atom is -0.442 e. The lowest BCUT2D eigenvalue weighted by Crippen LogP contribution is -2.37. The molecule has 1 amide bonds. The highest BCUT2D eigenvalue weighted by Gasteiger charge is 2.24. The van der Waals surface area contributed by atoms with Crippen LogP contribution in [0.4, 0.5) is 4.79 Å². The largest absolute Gasteiger partial charge is 0.442 e. The number of alkyl halides is 1. The molecular formula is C10H18ClNO4S. The van der Waals surface area contributed by atoms with Gasteiger partial charge in [0.05, 0.1) is 6.54 Å². The molecule has 0 atom stereocenters. The fourth-order valence-corrected chi connectivity index (χ4v) is 0.966. The van der Waals surface area contributed by atoms with Gasteiger partial charge < -0.3 is 4.74 Å². The number of carbonyl (C=O) groups is 1. The third-order valence-corrected chi connectivity index (χ3v) is 1.92. The van der Waals surface area contributed by atoms with Gasteiger partial charge in [-0.2, -0.15) is 0 Å². The zero-order valence-electron chi connectivity index (χ0n) is 10.5. The monoisotopic (exact) mass is 283 g/mol. The van der Waals surface area contributed by atoms with Crippen LogP contribution in [0.2, 0.25) is 0 Å². The average molecular weight is 284 g/mol. The fraction of sp³-hybridized carbons (Fsp3) is 0.700. The lowest BCUT2D eigenvalue weighted by molar-refractivity contribution is -0.338. The van der Waals surface area contributed by atoms with E-state index in [1.54, 1.807) is 27.0 Å². The van der Waals surface area contributed by atoms with Gasteiger partial charge in [-0.1, -0.05) is 11.6 Å². The lowest BCUT2D eigenvalue weighted by Gasteiger charge is -2.25. The predicted molar refractivity (Wildman–Crippen MR) is 68.5 cm³/mol. The first-order valence-corrected chi connectivity index (χ1v) is 6.59. The van der Waals surface area contributed by atoms with Crippen molar-refractivity contribution in [2.75, 3.05) is 18.7 Å². The summed E-state index contributed by atoms with van der Waals surface area (Å²) in [6, 6.07) is 0. The number of amides is 1. The Labute approximate surface area is 111 Å². The molecule has 0 fully saturated rings. The minimum atomic E-state index is -0.655. The van der Waals surface area contributed by atoms with Crippen molar-refractivity contribution < 1.29 is 18.9 Å². The van der Waals surface area contributed by atoms with Crippen molar-refractivity contribution in [3.63, 3.8) is 0 Å². The first-order valence-electron chi connectivity index (χ1n) is 4.90. The van der Waals surface area contributed by atoms with Crippen LogP contribution in [0, 0.1) is 0 Å². The van der Waals surface area contributed by atoms with Crippen molar-refractivity contribution in [3.05, 3.63) is 12.2 Å². The Bertz CT molecular complexity index is 268. The molecule has 0 aromatic carbocycles. The summed E-state index contributed by atoms with van der Waals surface area (Å²) in [6.45, 7) is 9.06. The third kappa shape index (κ3) is 8.31. The van der Waals surface area contributed by atoms with Gasteiger partial charge in [0.15, 0.2) is 0 Å². The second-order valence-corrected chi connectivity index (χ2v) is 4.95. The van der Waals surface area contributed by atoms with E-state index < -0.39 is 11.7 Å². The molecule has 17 heavy (non-hydrogen) atoms. The Kier molecular flexibility index (Phi) is 7.61. The van der Waals surface area contributed by atoms with Crippen LogP contribution in [0.5, 0.6) is 0 Å². The molecule has 7 heteroatoms. The van der Waals surface area contributed by atoms with Crippen LogP contribution in [-0.4, -0.2) is 35.4 Å². The van der Waals surface area contributed by atoms with E-state index in [2.05, 4.69) is 10.9 Å². The number of hydrogen-bond acceptors (Lipinski definition) is 5. The Morgan fingerprint density at radius 3 is 2.47 bits per heavy atom. The van der Waals surface area contributed by atoms with Crippen LogP contribution >= 0.6 is 23.6 Å². The van der Waals surface area contributed by atoms with Gasteiger partial charge in [-0.15, -0.1) is 21.0 Å². The molecule has 0 aliphatic rings. The Morgan fingerprint density at radius 2 is 2.06 bits per heavy atom. The van der Waals surface area contributed by atoms with Crippen LogP contribution in [0.1, 0.15) is 20.8 Å². The maximum atomic E-state index is 11.7. The van der Waals surface area contributed by atoms with Crippen LogP contribution in [-0.2, 0) is 14.1 Å². The van der Waals surface area contributed by atoms with E-state index in [0.717, 1.165) is 17.1 Å². The second-order valence-electron chi connectivity index (χ2n) is 4.21. The van der Waals surface area contributed by atoms with Crippen molar-refractivity contribution in [1.82, 2.24) is 5.06 Å². The van der Waals surface area contributed by atoms with E-state index in [4.69, 9.17) is 21.3 Å². The summed E-state index contributed by atoms with van der Waals surface area (Å²) in [4.78, 5) is 16.5. The standard InChI is InChI=1S/C10H18ClNO4S/c1-8(6-11)7-12(15-16-17-5)9(13)14-10(2,3)4/h1,6-7H2,2-5H3. The molecule has 0 aromatic heterocycles. The smallest absolute Gasteiger partial charge is 0.437 e. The van der Waals surface area contributed by atoms with Crippen molar-refractivity contribution in [2.24, 2.45) is 0 Å². The van der Waals surface area contributed by atoms with Gasteiger partial charge >= 0.3 is 6.09 Å². The molecule has 0 spiro atoms. The second kappa shape index (κ2) is 7.81. The molecular weight excluding hydrogens is 266 g/mol.